The number of aryl methyl sites for hydroxylation is 1. The number of carbonyl (C=O) groups is 1. The molecule has 1 atom stereocenters. The summed E-state index contributed by atoms with van der Waals surface area (Å²) in [5, 5.41) is 16.8. The predicted octanol–water partition coefficient (Wildman–Crippen LogP) is 5.01. The summed E-state index contributed by atoms with van der Waals surface area (Å²) in [4.78, 5) is 23.5. The molecule has 1 amide bonds. The SMILES string of the molecule is C[C@@H](Sc1ncnc2sccc12)C(=O)Nc1sc2c(c1C#N)CCCCC2. The quantitative estimate of drug-likeness (QED) is 0.369. The van der Waals surface area contributed by atoms with Crippen LogP contribution in [0.15, 0.2) is 22.8 Å². The molecule has 138 valence electrons. The van der Waals surface area contributed by atoms with Gasteiger partial charge in [0.15, 0.2) is 0 Å². The highest BCUT2D eigenvalue weighted by Gasteiger charge is 2.23. The molecule has 1 aliphatic rings. The standard InChI is InChI=1S/C19H18N4OS3/c1-11(26-18-13-7-8-25-17(13)21-10-22-18)16(24)23-19-14(9-20)12-5-3-2-4-6-15(12)27-19/h7-8,10-11H,2-6H2,1H3,(H,23,24)/t11-/m1/s1. The van der Waals surface area contributed by atoms with E-state index < -0.39 is 0 Å². The number of carbonyl (C=O) groups excluding carboxylic acids is 1. The summed E-state index contributed by atoms with van der Waals surface area (Å²) in [6.07, 6.45) is 6.95. The van der Waals surface area contributed by atoms with Crippen LogP contribution in [0.1, 0.15) is 42.2 Å². The van der Waals surface area contributed by atoms with Crippen molar-refractivity contribution < 1.29 is 4.79 Å². The third-order valence-electron chi connectivity index (χ3n) is 4.65. The van der Waals surface area contributed by atoms with E-state index in [1.165, 1.54) is 29.4 Å². The van der Waals surface area contributed by atoms with E-state index in [1.807, 2.05) is 18.4 Å². The number of nitrogens with one attached hydrogen (secondary N) is 1. The van der Waals surface area contributed by atoms with Crippen molar-refractivity contribution in [3.05, 3.63) is 33.8 Å². The summed E-state index contributed by atoms with van der Waals surface area (Å²) in [6.45, 7) is 1.87. The van der Waals surface area contributed by atoms with Crippen molar-refractivity contribution >= 4 is 55.6 Å². The molecular weight excluding hydrogens is 396 g/mol. The van der Waals surface area contributed by atoms with E-state index in [9.17, 15) is 10.1 Å². The van der Waals surface area contributed by atoms with Crippen molar-refractivity contribution in [2.24, 2.45) is 0 Å². The molecule has 0 aliphatic heterocycles. The molecule has 8 heteroatoms. The van der Waals surface area contributed by atoms with Crippen LogP contribution in [-0.4, -0.2) is 21.1 Å². The molecule has 1 aliphatic carbocycles. The van der Waals surface area contributed by atoms with Gasteiger partial charge in [-0.25, -0.2) is 9.97 Å². The van der Waals surface area contributed by atoms with Crippen LogP contribution >= 0.6 is 34.4 Å². The Bertz CT molecular complexity index is 1030. The number of aromatic nitrogens is 2. The lowest BCUT2D eigenvalue weighted by Gasteiger charge is -2.11. The Morgan fingerprint density at radius 1 is 1.33 bits per heavy atom. The fourth-order valence-electron chi connectivity index (χ4n) is 3.24. The van der Waals surface area contributed by atoms with Gasteiger partial charge in [0.1, 0.15) is 27.3 Å². The first-order chi connectivity index (χ1) is 13.2. The maximum atomic E-state index is 12.8. The van der Waals surface area contributed by atoms with E-state index in [2.05, 4.69) is 21.4 Å². The lowest BCUT2D eigenvalue weighted by molar-refractivity contribution is -0.115. The largest absolute Gasteiger partial charge is 0.316 e. The van der Waals surface area contributed by atoms with Gasteiger partial charge in [0, 0.05) is 10.3 Å². The van der Waals surface area contributed by atoms with Crippen molar-refractivity contribution in [1.29, 1.82) is 5.26 Å². The summed E-state index contributed by atoms with van der Waals surface area (Å²) in [5.74, 6) is -0.102. The second-order valence-corrected chi connectivity index (χ2v) is 9.78. The number of hydrogen-bond acceptors (Lipinski definition) is 7. The molecule has 5 nitrogen and oxygen atoms in total. The van der Waals surface area contributed by atoms with Crippen LogP contribution in [0.25, 0.3) is 10.2 Å². The third-order valence-corrected chi connectivity index (χ3v) is 7.80. The Hall–Kier alpha value is -1.95. The number of rotatable bonds is 4. The summed E-state index contributed by atoms with van der Waals surface area (Å²) in [5.41, 5.74) is 1.80. The molecule has 1 N–H and O–H groups in total. The van der Waals surface area contributed by atoms with Crippen molar-refractivity contribution in [3.63, 3.8) is 0 Å². The number of nitrogens with zero attached hydrogens (tertiary/aromatic N) is 3. The highest BCUT2D eigenvalue weighted by atomic mass is 32.2. The molecule has 0 fully saturated rings. The Morgan fingerprint density at radius 2 is 2.19 bits per heavy atom. The van der Waals surface area contributed by atoms with Gasteiger partial charge in [-0.3, -0.25) is 4.79 Å². The van der Waals surface area contributed by atoms with Crippen molar-refractivity contribution in [2.75, 3.05) is 5.32 Å². The van der Waals surface area contributed by atoms with E-state index in [1.54, 1.807) is 22.7 Å². The molecule has 27 heavy (non-hydrogen) atoms. The lowest BCUT2D eigenvalue weighted by Crippen LogP contribution is -2.22. The number of thiophene rings is 2. The number of fused-ring (bicyclic) bond motifs is 2. The molecule has 3 aromatic rings. The van der Waals surface area contributed by atoms with E-state index in [4.69, 9.17) is 0 Å². The van der Waals surface area contributed by atoms with Gasteiger partial charge >= 0.3 is 0 Å². The smallest absolute Gasteiger partial charge is 0.238 e. The summed E-state index contributed by atoms with van der Waals surface area (Å²) in [6, 6.07) is 4.30. The molecule has 3 heterocycles. The van der Waals surface area contributed by atoms with Gasteiger partial charge < -0.3 is 5.32 Å². The minimum absolute atomic E-state index is 0.102. The molecular formula is C19H18N4OS3. The zero-order chi connectivity index (χ0) is 18.8. The topological polar surface area (TPSA) is 78.7 Å². The van der Waals surface area contributed by atoms with Crippen LogP contribution < -0.4 is 5.32 Å². The highest BCUT2D eigenvalue weighted by Crippen LogP contribution is 2.38. The van der Waals surface area contributed by atoms with Crippen LogP contribution in [0.2, 0.25) is 0 Å². The molecule has 0 spiro atoms. The van der Waals surface area contributed by atoms with Crippen molar-refractivity contribution in [1.82, 2.24) is 9.97 Å². The van der Waals surface area contributed by atoms with Crippen LogP contribution in [0.4, 0.5) is 5.00 Å². The zero-order valence-electron chi connectivity index (χ0n) is 14.8. The first-order valence-electron chi connectivity index (χ1n) is 8.87. The summed E-state index contributed by atoms with van der Waals surface area (Å²) in [7, 11) is 0. The fraction of sp³-hybridized carbons (Fsp3) is 0.368. The number of hydrogen-bond donors (Lipinski definition) is 1. The molecule has 4 rings (SSSR count). The first-order valence-corrected chi connectivity index (χ1v) is 11.5. The Kier molecular flexibility index (Phi) is 5.43. The lowest BCUT2D eigenvalue weighted by atomic mass is 10.1. The normalized spacial score (nSPS) is 15.0. The maximum absolute atomic E-state index is 12.8. The Morgan fingerprint density at radius 3 is 3.04 bits per heavy atom. The van der Waals surface area contributed by atoms with Gasteiger partial charge in [-0.1, -0.05) is 18.2 Å². The summed E-state index contributed by atoms with van der Waals surface area (Å²) < 4.78 is 0. The molecule has 0 aromatic carbocycles. The second-order valence-electron chi connectivity index (χ2n) is 6.45. The minimum Gasteiger partial charge on any atom is -0.316 e. The minimum atomic E-state index is -0.323. The molecule has 0 saturated heterocycles. The van der Waals surface area contributed by atoms with Crippen molar-refractivity contribution in [3.8, 4) is 6.07 Å². The average molecular weight is 415 g/mol. The van der Waals surface area contributed by atoms with E-state index >= 15 is 0 Å². The number of anilines is 1. The monoisotopic (exact) mass is 414 g/mol. The van der Waals surface area contributed by atoms with Crippen LogP contribution in [0.3, 0.4) is 0 Å². The molecule has 0 saturated carbocycles. The summed E-state index contributed by atoms with van der Waals surface area (Å²) >= 11 is 4.55. The molecule has 0 radical (unpaired) electrons. The van der Waals surface area contributed by atoms with E-state index in [0.29, 0.717) is 10.6 Å². The molecule has 3 aromatic heterocycles. The van der Waals surface area contributed by atoms with Crippen molar-refractivity contribution in [2.45, 2.75) is 49.3 Å². The van der Waals surface area contributed by atoms with Crippen LogP contribution in [-0.2, 0) is 17.6 Å². The molecule has 0 unspecified atom stereocenters. The van der Waals surface area contributed by atoms with Gasteiger partial charge in [-0.15, -0.1) is 22.7 Å². The molecule has 0 bridgehead atoms. The maximum Gasteiger partial charge on any atom is 0.238 e. The Balaban J connectivity index is 1.52. The van der Waals surface area contributed by atoms with Gasteiger partial charge in [-0.05, 0) is 49.6 Å². The van der Waals surface area contributed by atoms with Gasteiger partial charge in [-0.2, -0.15) is 5.26 Å². The fourth-order valence-corrected chi connectivity index (χ4v) is 6.19. The van der Waals surface area contributed by atoms with Crippen LogP contribution in [0, 0.1) is 11.3 Å². The zero-order valence-corrected chi connectivity index (χ0v) is 17.3. The highest BCUT2D eigenvalue weighted by molar-refractivity contribution is 8.00. The van der Waals surface area contributed by atoms with Gasteiger partial charge in [0.25, 0.3) is 0 Å². The first kappa shape index (κ1) is 18.4. The van der Waals surface area contributed by atoms with Crippen LogP contribution in [0.5, 0.6) is 0 Å². The third kappa shape index (κ3) is 3.72. The van der Waals surface area contributed by atoms with Gasteiger partial charge in [0.05, 0.1) is 10.8 Å². The number of amides is 1. The Labute approximate surface area is 169 Å². The van der Waals surface area contributed by atoms with E-state index in [-0.39, 0.29) is 11.2 Å². The number of nitriles is 1. The average Bonchev–Trinajstić information content (AvgIpc) is 3.20. The predicted molar refractivity (Wildman–Crippen MR) is 112 cm³/mol. The van der Waals surface area contributed by atoms with E-state index in [0.717, 1.165) is 46.5 Å². The number of thioether (sulfide) groups is 1. The van der Waals surface area contributed by atoms with Gasteiger partial charge in [0.2, 0.25) is 5.91 Å². The second kappa shape index (κ2) is 7.97.